The molecule has 0 N–H and O–H groups in total. The first-order valence-corrected chi connectivity index (χ1v) is 13.8. The van der Waals surface area contributed by atoms with Crippen molar-refractivity contribution in [2.75, 3.05) is 11.4 Å². The van der Waals surface area contributed by atoms with Crippen molar-refractivity contribution in [2.24, 2.45) is 5.41 Å². The monoisotopic (exact) mass is 499 g/mol. The molecule has 5 aromatic rings. The van der Waals surface area contributed by atoms with E-state index in [9.17, 15) is 0 Å². The van der Waals surface area contributed by atoms with Crippen molar-refractivity contribution in [1.29, 1.82) is 0 Å². The van der Waals surface area contributed by atoms with Crippen LogP contribution in [-0.2, 0) is 0 Å². The topological polar surface area (TPSA) is 3.24 Å². The van der Waals surface area contributed by atoms with Crippen LogP contribution in [0.5, 0.6) is 0 Å². The smallest absolute Gasteiger partial charge is 0.0415 e. The fourth-order valence-electron chi connectivity index (χ4n) is 6.81. The second-order valence-electron chi connectivity index (χ2n) is 11.5. The third kappa shape index (κ3) is 3.33. The maximum Gasteiger partial charge on any atom is 0.0415 e. The molecule has 186 valence electrons. The molecule has 1 heteroatoms. The summed E-state index contributed by atoms with van der Waals surface area (Å²) < 4.78 is 0. The number of rotatable bonds is 2. The van der Waals surface area contributed by atoms with E-state index in [1.54, 1.807) is 0 Å². The fraction of sp³-hybridized carbons (Fsp3) is 0.105. The van der Waals surface area contributed by atoms with E-state index in [1.165, 1.54) is 70.7 Å². The number of hydrogen-bond donors (Lipinski definition) is 0. The number of benzene rings is 5. The molecule has 0 atom stereocenters. The second kappa shape index (κ2) is 8.19. The zero-order valence-corrected chi connectivity index (χ0v) is 22.3. The highest BCUT2D eigenvalue weighted by Gasteiger charge is 2.31. The summed E-state index contributed by atoms with van der Waals surface area (Å²) in [4.78, 5) is 2.30. The van der Waals surface area contributed by atoms with Crippen LogP contribution in [0.25, 0.3) is 49.5 Å². The molecule has 8 rings (SSSR count). The minimum Gasteiger partial charge on any atom is -0.344 e. The molecule has 0 fully saturated rings. The zero-order valence-electron chi connectivity index (χ0n) is 22.3. The van der Waals surface area contributed by atoms with Crippen LogP contribution in [0.15, 0.2) is 127 Å². The maximum absolute atomic E-state index is 2.47. The number of hydrogen-bond acceptors (Lipinski definition) is 1. The SMILES string of the molecule is CC1(C)C=CC(c2cccc(N3C=CC=CC3)c2)=C2C=c3cc4c5ccccc5c5ccccc5c4cc3=C21. The minimum absolute atomic E-state index is 0.0566. The van der Waals surface area contributed by atoms with Gasteiger partial charge in [0.05, 0.1) is 0 Å². The predicted octanol–water partition coefficient (Wildman–Crippen LogP) is 8.03. The highest BCUT2D eigenvalue weighted by Crippen LogP contribution is 2.45. The van der Waals surface area contributed by atoms with Crippen molar-refractivity contribution in [3.8, 4) is 0 Å². The van der Waals surface area contributed by atoms with Crippen molar-refractivity contribution in [1.82, 2.24) is 0 Å². The van der Waals surface area contributed by atoms with Crippen LogP contribution >= 0.6 is 0 Å². The molecule has 1 nitrogen and oxygen atoms in total. The normalized spacial score (nSPS) is 17.3. The van der Waals surface area contributed by atoms with Crippen molar-refractivity contribution >= 4 is 55.2 Å². The number of fused-ring (bicyclic) bond motifs is 8. The van der Waals surface area contributed by atoms with E-state index < -0.39 is 0 Å². The van der Waals surface area contributed by atoms with Gasteiger partial charge in [0.15, 0.2) is 0 Å². The average molecular weight is 500 g/mol. The number of allylic oxidation sites excluding steroid dienone is 6. The lowest BCUT2D eigenvalue weighted by molar-refractivity contribution is 0.645. The first kappa shape index (κ1) is 22.4. The first-order chi connectivity index (χ1) is 19.1. The van der Waals surface area contributed by atoms with Crippen LogP contribution in [0.2, 0.25) is 0 Å². The Balaban J connectivity index is 1.43. The van der Waals surface area contributed by atoms with Gasteiger partial charge in [-0.05, 0) is 101 Å². The van der Waals surface area contributed by atoms with Gasteiger partial charge >= 0.3 is 0 Å². The van der Waals surface area contributed by atoms with Crippen LogP contribution in [0.1, 0.15) is 19.4 Å². The second-order valence-corrected chi connectivity index (χ2v) is 11.5. The summed E-state index contributed by atoms with van der Waals surface area (Å²) in [6, 6.07) is 31.6. The highest BCUT2D eigenvalue weighted by atomic mass is 15.1. The Morgan fingerprint density at radius 1 is 0.667 bits per heavy atom. The summed E-state index contributed by atoms with van der Waals surface area (Å²) in [6.45, 7) is 5.60. The van der Waals surface area contributed by atoms with Crippen molar-refractivity contribution in [2.45, 2.75) is 13.8 Å². The van der Waals surface area contributed by atoms with E-state index in [4.69, 9.17) is 0 Å². The van der Waals surface area contributed by atoms with Crippen LogP contribution in [0, 0.1) is 5.41 Å². The quantitative estimate of drug-likeness (QED) is 0.222. The fourth-order valence-corrected chi connectivity index (χ4v) is 6.81. The Hall–Kier alpha value is -4.62. The zero-order chi connectivity index (χ0) is 26.1. The molecule has 2 aliphatic carbocycles. The van der Waals surface area contributed by atoms with Gasteiger partial charge in [-0.25, -0.2) is 0 Å². The molecule has 0 saturated carbocycles. The van der Waals surface area contributed by atoms with Crippen LogP contribution in [0.3, 0.4) is 0 Å². The summed E-state index contributed by atoms with van der Waals surface area (Å²) >= 11 is 0. The molecular weight excluding hydrogens is 470 g/mol. The van der Waals surface area contributed by atoms with Gasteiger partial charge in [-0.3, -0.25) is 0 Å². The van der Waals surface area contributed by atoms with Crippen molar-refractivity contribution in [3.05, 3.63) is 143 Å². The minimum atomic E-state index is -0.0566. The predicted molar refractivity (Wildman–Crippen MR) is 168 cm³/mol. The summed E-state index contributed by atoms with van der Waals surface area (Å²) in [5, 5.41) is 10.7. The summed E-state index contributed by atoms with van der Waals surface area (Å²) in [6.07, 6.45) is 15.7. The van der Waals surface area contributed by atoms with Crippen LogP contribution in [-0.4, -0.2) is 6.54 Å². The van der Waals surface area contributed by atoms with Crippen LogP contribution < -0.4 is 15.3 Å². The van der Waals surface area contributed by atoms with Gasteiger partial charge in [0.2, 0.25) is 0 Å². The lowest BCUT2D eigenvalue weighted by Crippen LogP contribution is -2.28. The van der Waals surface area contributed by atoms with Gasteiger partial charge in [-0.1, -0.05) is 98.8 Å². The van der Waals surface area contributed by atoms with Gasteiger partial charge < -0.3 is 4.90 Å². The standard InChI is InChI=1S/C38H29N/c1-38(2)18-17-28(25-11-10-12-27(21-25)39-19-8-3-9-20-39)36-23-26-22-34-31-15-6-4-13-29(31)30-14-5-7-16-32(30)35(34)24-33(26)37(36)38/h3-19,21-24H,20H2,1-2H3. The lowest BCUT2D eigenvalue weighted by atomic mass is 9.74. The summed E-state index contributed by atoms with van der Waals surface area (Å²) in [5.41, 5.74) is 6.52. The van der Waals surface area contributed by atoms with Gasteiger partial charge in [-0.15, -0.1) is 0 Å². The van der Waals surface area contributed by atoms with Gasteiger partial charge in [-0.2, -0.15) is 0 Å². The van der Waals surface area contributed by atoms with E-state index in [-0.39, 0.29) is 5.41 Å². The molecule has 39 heavy (non-hydrogen) atoms. The molecule has 0 amide bonds. The molecule has 0 aromatic heterocycles. The largest absolute Gasteiger partial charge is 0.344 e. The number of anilines is 1. The molecule has 1 aliphatic heterocycles. The molecule has 5 aromatic carbocycles. The Kier molecular flexibility index (Phi) is 4.70. The number of nitrogens with zero attached hydrogens (tertiary/aromatic N) is 1. The van der Waals surface area contributed by atoms with Crippen molar-refractivity contribution in [3.63, 3.8) is 0 Å². The van der Waals surface area contributed by atoms with Gasteiger partial charge in [0, 0.05) is 23.8 Å². The Bertz CT molecular complexity index is 2110. The molecule has 1 heterocycles. The first-order valence-electron chi connectivity index (χ1n) is 13.8. The maximum atomic E-state index is 2.47. The van der Waals surface area contributed by atoms with E-state index in [2.05, 4.69) is 146 Å². The highest BCUT2D eigenvalue weighted by molar-refractivity contribution is 6.25. The van der Waals surface area contributed by atoms with E-state index in [0.717, 1.165) is 6.54 Å². The van der Waals surface area contributed by atoms with Gasteiger partial charge in [0.25, 0.3) is 0 Å². The van der Waals surface area contributed by atoms with Crippen molar-refractivity contribution < 1.29 is 0 Å². The van der Waals surface area contributed by atoms with Gasteiger partial charge in [0.1, 0.15) is 0 Å². The summed E-state index contributed by atoms with van der Waals surface area (Å²) in [5.74, 6) is 0. The third-order valence-corrected chi connectivity index (χ3v) is 8.66. The van der Waals surface area contributed by atoms with E-state index in [0.29, 0.717) is 0 Å². The Morgan fingerprint density at radius 2 is 1.36 bits per heavy atom. The lowest BCUT2D eigenvalue weighted by Gasteiger charge is -2.30. The van der Waals surface area contributed by atoms with Crippen LogP contribution in [0.4, 0.5) is 5.69 Å². The molecular formula is C38H29N. The summed E-state index contributed by atoms with van der Waals surface area (Å²) in [7, 11) is 0. The molecule has 0 spiro atoms. The molecule has 3 aliphatic rings. The average Bonchev–Trinajstić information content (AvgIpc) is 3.37. The Morgan fingerprint density at radius 3 is 2.05 bits per heavy atom. The van der Waals surface area contributed by atoms with E-state index >= 15 is 0 Å². The molecule has 0 unspecified atom stereocenters. The molecule has 0 saturated heterocycles. The molecule has 0 bridgehead atoms. The van der Waals surface area contributed by atoms with E-state index in [1.807, 2.05) is 0 Å². The Labute approximate surface area is 228 Å². The third-order valence-electron chi connectivity index (χ3n) is 8.66. The molecule has 0 radical (unpaired) electrons.